The van der Waals surface area contributed by atoms with Gasteiger partial charge in [-0.2, -0.15) is 0 Å². The summed E-state index contributed by atoms with van der Waals surface area (Å²) in [5.41, 5.74) is 1.19. The van der Waals surface area contributed by atoms with Crippen molar-refractivity contribution in [1.29, 1.82) is 0 Å². The van der Waals surface area contributed by atoms with E-state index < -0.39 is 0 Å². The highest BCUT2D eigenvalue weighted by Gasteiger charge is 2.26. The summed E-state index contributed by atoms with van der Waals surface area (Å²) in [6.07, 6.45) is 3.19. The highest BCUT2D eigenvalue weighted by atomic mass is 15.2. The summed E-state index contributed by atoms with van der Waals surface area (Å²) in [4.78, 5) is 7.02. The Morgan fingerprint density at radius 1 is 1.39 bits per heavy atom. The lowest BCUT2D eigenvalue weighted by Crippen LogP contribution is -2.31. The quantitative estimate of drug-likeness (QED) is 0.866. The minimum atomic E-state index is 0.440. The molecule has 2 atom stereocenters. The maximum absolute atomic E-state index is 4.47. The summed E-state index contributed by atoms with van der Waals surface area (Å²) in [6, 6.07) is 7.22. The minimum absolute atomic E-state index is 0.440. The number of nitrogens with zero attached hydrogens (tertiary/aromatic N) is 2. The van der Waals surface area contributed by atoms with Crippen LogP contribution in [0.2, 0.25) is 0 Å². The first-order chi connectivity index (χ1) is 8.66. The van der Waals surface area contributed by atoms with Gasteiger partial charge < -0.3 is 5.32 Å². The molecule has 1 saturated heterocycles. The molecule has 0 aromatic carbocycles. The second-order valence-electron chi connectivity index (χ2n) is 5.64. The van der Waals surface area contributed by atoms with E-state index in [-0.39, 0.29) is 0 Å². The van der Waals surface area contributed by atoms with Crippen LogP contribution in [-0.4, -0.2) is 35.6 Å². The van der Waals surface area contributed by atoms with Gasteiger partial charge in [-0.1, -0.05) is 19.9 Å². The van der Waals surface area contributed by atoms with Crippen LogP contribution in [0.3, 0.4) is 0 Å². The number of rotatable bonds is 5. The third-order valence-corrected chi connectivity index (χ3v) is 3.80. The van der Waals surface area contributed by atoms with Crippen LogP contribution in [0.15, 0.2) is 24.4 Å². The van der Waals surface area contributed by atoms with Gasteiger partial charge in [0.15, 0.2) is 0 Å². The average Bonchev–Trinajstić information content (AvgIpc) is 2.85. The maximum Gasteiger partial charge on any atom is 0.0572 e. The Morgan fingerprint density at radius 3 is 2.89 bits per heavy atom. The molecule has 0 saturated carbocycles. The van der Waals surface area contributed by atoms with E-state index in [9.17, 15) is 0 Å². The second-order valence-corrected chi connectivity index (χ2v) is 5.64. The van der Waals surface area contributed by atoms with Crippen molar-refractivity contribution in [3.05, 3.63) is 30.1 Å². The van der Waals surface area contributed by atoms with Crippen LogP contribution < -0.4 is 5.32 Å². The van der Waals surface area contributed by atoms with Crippen molar-refractivity contribution >= 4 is 0 Å². The molecule has 3 heteroatoms. The van der Waals surface area contributed by atoms with E-state index in [1.54, 1.807) is 0 Å². The van der Waals surface area contributed by atoms with Gasteiger partial charge in [0.1, 0.15) is 0 Å². The third kappa shape index (κ3) is 3.53. The van der Waals surface area contributed by atoms with Crippen molar-refractivity contribution < 1.29 is 0 Å². The lowest BCUT2D eigenvalue weighted by molar-refractivity contribution is 0.247. The first-order valence-electron chi connectivity index (χ1n) is 7.05. The first kappa shape index (κ1) is 13.5. The second kappa shape index (κ2) is 6.30. The molecule has 2 heterocycles. The summed E-state index contributed by atoms with van der Waals surface area (Å²) in [6.45, 7) is 10.2. The van der Waals surface area contributed by atoms with Crippen LogP contribution in [0, 0.1) is 5.92 Å². The van der Waals surface area contributed by atoms with Crippen molar-refractivity contribution in [2.45, 2.75) is 39.3 Å². The third-order valence-electron chi connectivity index (χ3n) is 3.80. The van der Waals surface area contributed by atoms with Gasteiger partial charge in [-0.3, -0.25) is 9.88 Å². The van der Waals surface area contributed by atoms with Gasteiger partial charge >= 0.3 is 0 Å². The zero-order chi connectivity index (χ0) is 13.0. The largest absolute Gasteiger partial charge is 0.314 e. The average molecular weight is 247 g/mol. The maximum atomic E-state index is 4.47. The number of hydrogen-bond acceptors (Lipinski definition) is 3. The smallest absolute Gasteiger partial charge is 0.0572 e. The lowest BCUT2D eigenvalue weighted by Gasteiger charge is -2.24. The Bertz CT molecular complexity index is 350. The number of nitrogens with one attached hydrogen (secondary N) is 1. The van der Waals surface area contributed by atoms with Crippen LogP contribution in [0.4, 0.5) is 0 Å². The number of pyridine rings is 1. The van der Waals surface area contributed by atoms with E-state index in [0.717, 1.165) is 12.5 Å². The van der Waals surface area contributed by atoms with Crippen molar-refractivity contribution in [3.63, 3.8) is 0 Å². The van der Waals surface area contributed by atoms with Crippen LogP contribution in [0.1, 0.15) is 38.9 Å². The predicted octanol–water partition coefficient (Wildman–Crippen LogP) is 2.46. The summed E-state index contributed by atoms with van der Waals surface area (Å²) in [5.74, 6) is 0.790. The predicted molar refractivity (Wildman–Crippen MR) is 75.5 cm³/mol. The monoisotopic (exact) mass is 247 g/mol. The van der Waals surface area contributed by atoms with Gasteiger partial charge in [0.05, 0.1) is 5.69 Å². The SMILES string of the molecule is CC(C)NCC1CCN(C(C)c2ccccn2)C1. The van der Waals surface area contributed by atoms with Crippen LogP contribution in [-0.2, 0) is 0 Å². The first-order valence-corrected chi connectivity index (χ1v) is 7.05. The molecule has 1 aromatic heterocycles. The zero-order valence-corrected chi connectivity index (χ0v) is 11.8. The summed E-state index contributed by atoms with van der Waals surface area (Å²) in [7, 11) is 0. The fraction of sp³-hybridized carbons (Fsp3) is 0.667. The Labute approximate surface area is 111 Å². The van der Waals surface area contributed by atoms with Crippen LogP contribution in [0.25, 0.3) is 0 Å². The summed E-state index contributed by atoms with van der Waals surface area (Å²) in [5, 5.41) is 3.54. The standard InChI is InChI=1S/C15H25N3/c1-12(2)17-10-14-7-9-18(11-14)13(3)15-6-4-5-8-16-15/h4-6,8,12-14,17H,7,9-11H2,1-3H3. The van der Waals surface area contributed by atoms with Crippen LogP contribution in [0.5, 0.6) is 0 Å². The molecule has 3 nitrogen and oxygen atoms in total. The normalized spacial score (nSPS) is 22.6. The van der Waals surface area contributed by atoms with E-state index >= 15 is 0 Å². The topological polar surface area (TPSA) is 28.2 Å². The van der Waals surface area contributed by atoms with Crippen molar-refractivity contribution in [2.24, 2.45) is 5.92 Å². The Hall–Kier alpha value is -0.930. The molecule has 1 fully saturated rings. The summed E-state index contributed by atoms with van der Waals surface area (Å²) >= 11 is 0. The lowest BCUT2D eigenvalue weighted by atomic mass is 10.1. The zero-order valence-electron chi connectivity index (χ0n) is 11.8. The highest BCUT2D eigenvalue weighted by molar-refractivity contribution is 5.08. The molecular weight excluding hydrogens is 222 g/mol. The van der Waals surface area contributed by atoms with Crippen molar-refractivity contribution in [3.8, 4) is 0 Å². The Morgan fingerprint density at radius 2 is 2.22 bits per heavy atom. The molecule has 0 bridgehead atoms. The van der Waals surface area contributed by atoms with E-state index in [2.05, 4.69) is 48.1 Å². The van der Waals surface area contributed by atoms with Gasteiger partial charge in [0.25, 0.3) is 0 Å². The number of aromatic nitrogens is 1. The van der Waals surface area contributed by atoms with Gasteiger partial charge in [-0.25, -0.2) is 0 Å². The molecule has 18 heavy (non-hydrogen) atoms. The van der Waals surface area contributed by atoms with Gasteiger partial charge in [0.2, 0.25) is 0 Å². The van der Waals surface area contributed by atoms with Crippen molar-refractivity contribution in [2.75, 3.05) is 19.6 Å². The number of hydrogen-bond donors (Lipinski definition) is 1. The van der Waals surface area contributed by atoms with Gasteiger partial charge in [0, 0.05) is 24.8 Å². The molecule has 1 aliphatic heterocycles. The van der Waals surface area contributed by atoms with E-state index in [1.165, 1.54) is 25.2 Å². The van der Waals surface area contributed by atoms with Gasteiger partial charge in [-0.05, 0) is 44.5 Å². The molecule has 0 spiro atoms. The number of likely N-dealkylation sites (tertiary alicyclic amines) is 1. The summed E-state index contributed by atoms with van der Waals surface area (Å²) < 4.78 is 0. The van der Waals surface area contributed by atoms with E-state index in [0.29, 0.717) is 12.1 Å². The molecule has 100 valence electrons. The molecular formula is C15H25N3. The minimum Gasteiger partial charge on any atom is -0.314 e. The highest BCUT2D eigenvalue weighted by Crippen LogP contribution is 2.25. The molecule has 0 aliphatic carbocycles. The molecule has 1 aliphatic rings. The van der Waals surface area contributed by atoms with Gasteiger partial charge in [-0.15, -0.1) is 0 Å². The fourth-order valence-electron chi connectivity index (χ4n) is 2.59. The molecule has 1 aromatic rings. The van der Waals surface area contributed by atoms with E-state index in [4.69, 9.17) is 0 Å². The Kier molecular flexibility index (Phi) is 4.72. The van der Waals surface area contributed by atoms with Crippen LogP contribution >= 0.6 is 0 Å². The molecule has 0 radical (unpaired) electrons. The molecule has 0 amide bonds. The molecule has 2 rings (SSSR count). The van der Waals surface area contributed by atoms with Crippen molar-refractivity contribution in [1.82, 2.24) is 15.2 Å². The Balaban J connectivity index is 1.85. The van der Waals surface area contributed by atoms with E-state index in [1.807, 2.05) is 12.3 Å². The fourth-order valence-corrected chi connectivity index (χ4v) is 2.59. The molecule has 2 unspecified atom stereocenters. The molecule has 1 N–H and O–H groups in total.